The SMILES string of the molecule is CCOCC(=O)N1CCC(c2cccc3cc(-c4nc5cc(C(=O)N6C[C@H]7CC[C@@H]6C[C@@H]7N)cc(OC)c5n4C)n(CC4CC4)c23)CC1. The lowest BCUT2D eigenvalue weighted by molar-refractivity contribution is -0.137. The highest BCUT2D eigenvalue weighted by Gasteiger charge is 2.41. The number of hydrogen-bond donors (Lipinski definition) is 1. The van der Waals surface area contributed by atoms with Gasteiger partial charge in [0, 0.05) is 62.9 Å². The molecule has 10 nitrogen and oxygen atoms in total. The Morgan fingerprint density at radius 2 is 1.83 bits per heavy atom. The monoisotopic (exact) mass is 652 g/mol. The maximum absolute atomic E-state index is 13.9. The van der Waals surface area contributed by atoms with Crippen LogP contribution < -0.4 is 10.5 Å². The lowest BCUT2D eigenvalue weighted by Gasteiger charge is -2.48. The summed E-state index contributed by atoms with van der Waals surface area (Å²) in [4.78, 5) is 35.8. The topological polar surface area (TPSA) is 108 Å². The molecule has 3 aliphatic heterocycles. The molecule has 3 saturated heterocycles. The van der Waals surface area contributed by atoms with Crippen molar-refractivity contribution in [2.45, 2.75) is 76.4 Å². The van der Waals surface area contributed by atoms with E-state index in [-0.39, 0.29) is 30.5 Å². The number of hydrogen-bond acceptors (Lipinski definition) is 6. The number of para-hydroxylation sites is 1. The summed E-state index contributed by atoms with van der Waals surface area (Å²) in [7, 11) is 3.72. The van der Waals surface area contributed by atoms with Crippen molar-refractivity contribution in [1.82, 2.24) is 23.9 Å². The average molecular weight is 653 g/mol. The minimum absolute atomic E-state index is 0.0436. The van der Waals surface area contributed by atoms with E-state index in [0.717, 1.165) is 80.8 Å². The van der Waals surface area contributed by atoms with Gasteiger partial charge in [0.05, 0.1) is 23.8 Å². The molecule has 2 aromatic heterocycles. The van der Waals surface area contributed by atoms with Crippen LogP contribution in [0.25, 0.3) is 33.5 Å². The van der Waals surface area contributed by atoms with Crippen LogP contribution in [0.4, 0.5) is 0 Å². The summed E-state index contributed by atoms with van der Waals surface area (Å²) >= 11 is 0. The number of amides is 2. The molecule has 5 aliphatic rings. The summed E-state index contributed by atoms with van der Waals surface area (Å²) in [5.74, 6) is 3.07. The van der Waals surface area contributed by atoms with E-state index in [4.69, 9.17) is 20.2 Å². The zero-order chi connectivity index (χ0) is 33.1. The van der Waals surface area contributed by atoms with Crippen LogP contribution in [0.3, 0.4) is 0 Å². The van der Waals surface area contributed by atoms with Crippen molar-refractivity contribution in [1.29, 1.82) is 0 Å². The Labute approximate surface area is 282 Å². The minimum atomic E-state index is 0.0436. The van der Waals surface area contributed by atoms with E-state index >= 15 is 0 Å². The van der Waals surface area contributed by atoms with Crippen LogP contribution in [-0.2, 0) is 23.1 Å². The molecule has 10 heteroatoms. The molecule has 2 aliphatic carbocycles. The van der Waals surface area contributed by atoms with Crippen LogP contribution in [0.1, 0.15) is 73.7 Å². The second kappa shape index (κ2) is 12.5. The number of benzene rings is 2. The van der Waals surface area contributed by atoms with Crippen molar-refractivity contribution in [2.75, 3.05) is 40.0 Å². The van der Waals surface area contributed by atoms with Gasteiger partial charge >= 0.3 is 0 Å². The van der Waals surface area contributed by atoms with Crippen molar-refractivity contribution >= 4 is 33.8 Å². The predicted molar refractivity (Wildman–Crippen MR) is 186 cm³/mol. The summed E-state index contributed by atoms with van der Waals surface area (Å²) in [6, 6.07) is 13.2. The number of carbonyl (C=O) groups excluding carboxylic acids is 2. The normalized spacial score (nSPS) is 23.0. The molecule has 2 amide bonds. The second-order valence-corrected chi connectivity index (χ2v) is 14.5. The van der Waals surface area contributed by atoms with Crippen LogP contribution in [0.2, 0.25) is 0 Å². The molecule has 0 radical (unpaired) electrons. The van der Waals surface area contributed by atoms with Gasteiger partial charge in [0.15, 0.2) is 5.82 Å². The molecule has 2 N–H and O–H groups in total. The second-order valence-electron chi connectivity index (χ2n) is 14.5. The fourth-order valence-electron chi connectivity index (χ4n) is 8.73. The van der Waals surface area contributed by atoms with Gasteiger partial charge in [0.2, 0.25) is 5.91 Å². The molecule has 0 unspecified atom stereocenters. The molecule has 5 heterocycles. The Morgan fingerprint density at radius 3 is 2.52 bits per heavy atom. The molecule has 48 heavy (non-hydrogen) atoms. The minimum Gasteiger partial charge on any atom is -0.494 e. The first-order valence-corrected chi connectivity index (χ1v) is 17.9. The highest BCUT2D eigenvalue weighted by Crippen LogP contribution is 2.42. The van der Waals surface area contributed by atoms with Gasteiger partial charge < -0.3 is 34.1 Å². The van der Waals surface area contributed by atoms with Crippen LogP contribution in [-0.4, -0.2) is 87.8 Å². The smallest absolute Gasteiger partial charge is 0.254 e. The summed E-state index contributed by atoms with van der Waals surface area (Å²) in [6.07, 6.45) is 7.36. The number of imidazole rings is 1. The molecule has 9 rings (SSSR count). The van der Waals surface area contributed by atoms with Gasteiger partial charge in [-0.05, 0) is 93.4 Å². The van der Waals surface area contributed by atoms with Crippen LogP contribution in [0.15, 0.2) is 36.4 Å². The number of rotatable bonds is 9. The van der Waals surface area contributed by atoms with E-state index in [1.807, 2.05) is 28.9 Å². The van der Waals surface area contributed by atoms with Crippen LogP contribution in [0, 0.1) is 11.8 Å². The van der Waals surface area contributed by atoms with Crippen molar-refractivity contribution in [2.24, 2.45) is 24.6 Å². The lowest BCUT2D eigenvalue weighted by atomic mass is 9.76. The lowest BCUT2D eigenvalue weighted by Crippen LogP contribution is -2.58. The Kier molecular flexibility index (Phi) is 8.19. The zero-order valence-corrected chi connectivity index (χ0v) is 28.5. The first-order valence-electron chi connectivity index (χ1n) is 17.9. The first-order chi connectivity index (χ1) is 23.3. The molecule has 2 saturated carbocycles. The molecule has 2 bridgehead atoms. The van der Waals surface area contributed by atoms with Gasteiger partial charge in [-0.3, -0.25) is 9.59 Å². The van der Waals surface area contributed by atoms with Gasteiger partial charge in [-0.15, -0.1) is 0 Å². The molecule has 4 aromatic rings. The number of likely N-dealkylation sites (tertiary alicyclic amines) is 1. The van der Waals surface area contributed by atoms with Gasteiger partial charge in [0.1, 0.15) is 17.9 Å². The first kappa shape index (κ1) is 31.4. The fraction of sp³-hybridized carbons (Fsp3) is 0.553. The van der Waals surface area contributed by atoms with Gasteiger partial charge in [-0.2, -0.15) is 0 Å². The van der Waals surface area contributed by atoms with E-state index in [2.05, 4.69) is 40.4 Å². The standard InChI is InChI=1S/C38H48N6O4/c1-4-48-22-34(45)42-14-12-24(13-15-42)29-7-5-6-25-17-32(44(35(25)29)20-23-8-9-23)37-40-31-16-27(18-33(47-3)36(31)41(37)2)38(46)43-21-26-10-11-28(43)19-30(26)39/h5-7,16-18,23-24,26,28,30H,4,8-15,19-22,39H2,1-3H3/t26-,28-,30+/m1/s1. The average Bonchev–Trinajstić information content (AvgIpc) is 3.78. The fourth-order valence-corrected chi connectivity index (χ4v) is 8.73. The maximum atomic E-state index is 13.9. The quantitative estimate of drug-likeness (QED) is 0.263. The molecule has 3 atom stereocenters. The molecule has 0 spiro atoms. The summed E-state index contributed by atoms with van der Waals surface area (Å²) in [5.41, 5.74) is 12.4. The number of methoxy groups -OCH3 is 1. The zero-order valence-electron chi connectivity index (χ0n) is 28.5. The van der Waals surface area contributed by atoms with E-state index in [1.165, 1.54) is 29.3 Å². The molecule has 2 aromatic carbocycles. The van der Waals surface area contributed by atoms with Gasteiger partial charge in [0.25, 0.3) is 5.91 Å². The Hall–Kier alpha value is -3.89. The number of aromatic nitrogens is 3. The third-order valence-electron chi connectivity index (χ3n) is 11.6. The van der Waals surface area contributed by atoms with E-state index < -0.39 is 0 Å². The molecule has 254 valence electrons. The summed E-state index contributed by atoms with van der Waals surface area (Å²) in [5, 5.41) is 1.21. The highest BCUT2D eigenvalue weighted by molar-refractivity contribution is 6.00. The Morgan fingerprint density at radius 1 is 1.02 bits per heavy atom. The van der Waals surface area contributed by atoms with Crippen molar-refractivity contribution < 1.29 is 19.1 Å². The number of aryl methyl sites for hydroxylation is 1. The number of piperidine rings is 3. The predicted octanol–water partition coefficient (Wildman–Crippen LogP) is 5.31. The number of carbonyl (C=O) groups is 2. The van der Waals surface area contributed by atoms with Crippen molar-refractivity contribution in [3.8, 4) is 17.3 Å². The Bertz CT molecular complexity index is 1870. The molecule has 5 fully saturated rings. The third kappa shape index (κ3) is 5.47. The number of ether oxygens (including phenoxy) is 2. The number of nitrogens with two attached hydrogens (primary N) is 1. The van der Waals surface area contributed by atoms with Gasteiger partial charge in [-0.25, -0.2) is 4.98 Å². The van der Waals surface area contributed by atoms with E-state index in [9.17, 15) is 9.59 Å². The highest BCUT2D eigenvalue weighted by atomic mass is 16.5. The summed E-state index contributed by atoms with van der Waals surface area (Å²) in [6.45, 7) is 5.81. The van der Waals surface area contributed by atoms with Crippen LogP contribution >= 0.6 is 0 Å². The maximum Gasteiger partial charge on any atom is 0.254 e. The van der Waals surface area contributed by atoms with Crippen molar-refractivity contribution in [3.63, 3.8) is 0 Å². The molecular weight excluding hydrogens is 604 g/mol. The number of fused-ring (bicyclic) bond motifs is 5. The Balaban J connectivity index is 1.16. The largest absolute Gasteiger partial charge is 0.494 e. The van der Waals surface area contributed by atoms with E-state index in [1.54, 1.807) is 7.11 Å². The third-order valence-corrected chi connectivity index (χ3v) is 11.6. The van der Waals surface area contributed by atoms with E-state index in [0.29, 0.717) is 35.7 Å². The molecular formula is C38H48N6O4. The summed E-state index contributed by atoms with van der Waals surface area (Å²) < 4.78 is 16.0. The number of nitrogens with zero attached hydrogens (tertiary/aromatic N) is 5. The van der Waals surface area contributed by atoms with Gasteiger partial charge in [-0.1, -0.05) is 18.2 Å². The van der Waals surface area contributed by atoms with Crippen molar-refractivity contribution in [3.05, 3.63) is 47.5 Å². The van der Waals surface area contributed by atoms with Crippen LogP contribution in [0.5, 0.6) is 5.75 Å².